The molecule has 1 saturated heterocycles. The van der Waals surface area contributed by atoms with Crippen molar-refractivity contribution in [2.24, 2.45) is 5.92 Å². The van der Waals surface area contributed by atoms with Gasteiger partial charge in [-0.05, 0) is 56.5 Å². The second-order valence-corrected chi connectivity index (χ2v) is 6.75. The van der Waals surface area contributed by atoms with E-state index < -0.39 is 0 Å². The zero-order chi connectivity index (χ0) is 16.9. The van der Waals surface area contributed by atoms with Crippen molar-refractivity contribution in [3.63, 3.8) is 0 Å². The van der Waals surface area contributed by atoms with Gasteiger partial charge in [0, 0.05) is 13.1 Å². The Morgan fingerprint density at radius 1 is 1.46 bits per heavy atom. The maximum atomic E-state index is 12.1. The molecule has 1 unspecified atom stereocenters. The van der Waals surface area contributed by atoms with E-state index in [2.05, 4.69) is 22.6 Å². The van der Waals surface area contributed by atoms with Crippen LogP contribution in [0.3, 0.4) is 0 Å². The number of hydrogen-bond acceptors (Lipinski definition) is 4. The highest BCUT2D eigenvalue weighted by Crippen LogP contribution is 2.28. The number of hydrogen-bond donors (Lipinski definition) is 2. The third-order valence-electron chi connectivity index (χ3n) is 4.64. The van der Waals surface area contributed by atoms with E-state index in [0.29, 0.717) is 23.8 Å². The van der Waals surface area contributed by atoms with Gasteiger partial charge in [0.25, 0.3) is 5.91 Å². The van der Waals surface area contributed by atoms with Gasteiger partial charge in [0.05, 0.1) is 12.1 Å². The van der Waals surface area contributed by atoms with E-state index in [9.17, 15) is 9.59 Å². The quantitative estimate of drug-likeness (QED) is 0.856. The highest BCUT2D eigenvalue weighted by atomic mass is 16.5. The van der Waals surface area contributed by atoms with E-state index in [0.717, 1.165) is 25.1 Å². The van der Waals surface area contributed by atoms with Gasteiger partial charge in [-0.25, -0.2) is 0 Å². The van der Waals surface area contributed by atoms with Gasteiger partial charge in [-0.2, -0.15) is 0 Å². The fraction of sp³-hybridized carbons (Fsp3) is 0.556. The molecule has 0 radical (unpaired) electrons. The summed E-state index contributed by atoms with van der Waals surface area (Å²) < 4.78 is 5.32. The molecule has 3 rings (SSSR count). The fourth-order valence-electron chi connectivity index (χ4n) is 3.41. The molecule has 0 saturated carbocycles. The van der Waals surface area contributed by atoms with E-state index in [1.165, 1.54) is 19.4 Å². The van der Waals surface area contributed by atoms with E-state index in [4.69, 9.17) is 4.74 Å². The van der Waals surface area contributed by atoms with Crippen molar-refractivity contribution in [1.29, 1.82) is 0 Å². The van der Waals surface area contributed by atoms with Crippen LogP contribution in [0, 0.1) is 5.92 Å². The van der Waals surface area contributed by atoms with E-state index in [1.807, 2.05) is 12.1 Å². The van der Waals surface area contributed by atoms with Crippen molar-refractivity contribution in [3.05, 3.63) is 23.8 Å². The average molecular weight is 331 g/mol. The van der Waals surface area contributed by atoms with Gasteiger partial charge in [-0.15, -0.1) is 0 Å². The number of carbonyl (C=O) groups is 2. The Balaban J connectivity index is 1.45. The van der Waals surface area contributed by atoms with Crippen LogP contribution in [-0.2, 0) is 16.0 Å². The van der Waals surface area contributed by atoms with Gasteiger partial charge in [0.15, 0.2) is 6.61 Å². The van der Waals surface area contributed by atoms with Crippen LogP contribution in [0.2, 0.25) is 0 Å². The van der Waals surface area contributed by atoms with Crippen LogP contribution in [0.15, 0.2) is 18.2 Å². The molecule has 0 bridgehead atoms. The first kappa shape index (κ1) is 16.8. The third kappa shape index (κ3) is 4.47. The lowest BCUT2D eigenvalue weighted by molar-refractivity contribution is -0.120. The number of benzene rings is 1. The standard InChI is InChI=1S/C18H25N3O3/c1-21-8-2-3-13(11-21)6-7-19-17(22)10-14-4-5-16-15(9-14)20-18(23)12-24-16/h4-5,9,13H,2-3,6-8,10-12H2,1H3,(H,19,22)(H,20,23). The summed E-state index contributed by atoms with van der Waals surface area (Å²) in [4.78, 5) is 25.8. The number of carbonyl (C=O) groups excluding carboxylic acids is 2. The Bertz CT molecular complexity index is 618. The molecule has 0 aromatic heterocycles. The number of nitrogens with zero attached hydrogens (tertiary/aromatic N) is 1. The molecule has 2 N–H and O–H groups in total. The number of fused-ring (bicyclic) bond motifs is 1. The third-order valence-corrected chi connectivity index (χ3v) is 4.64. The summed E-state index contributed by atoms with van der Waals surface area (Å²) in [5.41, 5.74) is 1.51. The number of piperidine rings is 1. The molecule has 1 atom stereocenters. The molecular weight excluding hydrogens is 306 g/mol. The Labute approximate surface area is 142 Å². The molecule has 24 heavy (non-hydrogen) atoms. The summed E-state index contributed by atoms with van der Waals surface area (Å²) in [7, 11) is 2.16. The molecule has 1 aromatic carbocycles. The largest absolute Gasteiger partial charge is 0.482 e. The summed E-state index contributed by atoms with van der Waals surface area (Å²) in [5.74, 6) is 1.18. The lowest BCUT2D eigenvalue weighted by Crippen LogP contribution is -2.34. The smallest absolute Gasteiger partial charge is 0.262 e. The number of ether oxygens (including phenoxy) is 1. The summed E-state index contributed by atoms with van der Waals surface area (Å²) in [5, 5.41) is 5.77. The lowest BCUT2D eigenvalue weighted by Gasteiger charge is -2.29. The van der Waals surface area contributed by atoms with Crippen molar-refractivity contribution >= 4 is 17.5 Å². The van der Waals surface area contributed by atoms with Crippen molar-refractivity contribution in [2.75, 3.05) is 38.6 Å². The Morgan fingerprint density at radius 3 is 3.17 bits per heavy atom. The predicted molar refractivity (Wildman–Crippen MR) is 92.1 cm³/mol. The van der Waals surface area contributed by atoms with Crippen LogP contribution >= 0.6 is 0 Å². The molecule has 2 amide bonds. The Hall–Kier alpha value is -2.08. The Morgan fingerprint density at radius 2 is 2.33 bits per heavy atom. The summed E-state index contributed by atoms with van der Waals surface area (Å²) in [6.07, 6.45) is 3.85. The van der Waals surface area contributed by atoms with E-state index in [1.54, 1.807) is 6.07 Å². The van der Waals surface area contributed by atoms with Crippen LogP contribution in [0.25, 0.3) is 0 Å². The maximum absolute atomic E-state index is 12.1. The van der Waals surface area contributed by atoms with E-state index in [-0.39, 0.29) is 18.4 Å². The first-order valence-electron chi connectivity index (χ1n) is 8.61. The van der Waals surface area contributed by atoms with Crippen molar-refractivity contribution < 1.29 is 14.3 Å². The van der Waals surface area contributed by atoms with Crippen molar-refractivity contribution in [1.82, 2.24) is 10.2 Å². The minimum absolute atomic E-state index is 0.0159. The van der Waals surface area contributed by atoms with Gasteiger partial charge in [-0.1, -0.05) is 6.07 Å². The molecule has 2 aliphatic heterocycles. The second-order valence-electron chi connectivity index (χ2n) is 6.75. The minimum atomic E-state index is -0.165. The molecule has 6 heteroatoms. The monoisotopic (exact) mass is 331 g/mol. The molecule has 130 valence electrons. The van der Waals surface area contributed by atoms with Gasteiger partial charge in [-0.3, -0.25) is 9.59 Å². The maximum Gasteiger partial charge on any atom is 0.262 e. The zero-order valence-electron chi connectivity index (χ0n) is 14.1. The topological polar surface area (TPSA) is 70.7 Å². The van der Waals surface area contributed by atoms with E-state index >= 15 is 0 Å². The number of rotatable bonds is 5. The predicted octanol–water partition coefficient (Wildman–Crippen LogP) is 1.41. The SMILES string of the molecule is CN1CCCC(CCNC(=O)Cc2ccc3c(c2)NC(=O)CO3)C1. The number of likely N-dealkylation sites (tertiary alicyclic amines) is 1. The highest BCUT2D eigenvalue weighted by molar-refractivity contribution is 5.95. The van der Waals surface area contributed by atoms with Crippen LogP contribution in [0.4, 0.5) is 5.69 Å². The molecule has 2 aliphatic rings. The van der Waals surface area contributed by atoms with Gasteiger partial charge < -0.3 is 20.3 Å². The van der Waals surface area contributed by atoms with Gasteiger partial charge in [0.1, 0.15) is 5.75 Å². The molecule has 6 nitrogen and oxygen atoms in total. The first-order valence-corrected chi connectivity index (χ1v) is 8.61. The van der Waals surface area contributed by atoms with Crippen molar-refractivity contribution in [2.45, 2.75) is 25.7 Å². The summed E-state index contributed by atoms with van der Waals surface area (Å²) in [6.45, 7) is 3.08. The number of nitrogens with one attached hydrogen (secondary N) is 2. The second kappa shape index (κ2) is 7.66. The highest BCUT2D eigenvalue weighted by Gasteiger charge is 2.18. The van der Waals surface area contributed by atoms with Crippen LogP contribution in [-0.4, -0.2) is 50.0 Å². The number of anilines is 1. The van der Waals surface area contributed by atoms with Crippen LogP contribution in [0.1, 0.15) is 24.8 Å². The molecule has 1 aromatic rings. The zero-order valence-corrected chi connectivity index (χ0v) is 14.1. The van der Waals surface area contributed by atoms with Crippen LogP contribution in [0.5, 0.6) is 5.75 Å². The summed E-state index contributed by atoms with van der Waals surface area (Å²) in [6, 6.07) is 5.48. The normalized spacial score (nSPS) is 20.7. The lowest BCUT2D eigenvalue weighted by atomic mass is 9.95. The number of amides is 2. The molecule has 0 spiro atoms. The fourth-order valence-corrected chi connectivity index (χ4v) is 3.41. The van der Waals surface area contributed by atoms with Crippen molar-refractivity contribution in [3.8, 4) is 5.75 Å². The minimum Gasteiger partial charge on any atom is -0.482 e. The molecule has 2 heterocycles. The summed E-state index contributed by atoms with van der Waals surface area (Å²) >= 11 is 0. The average Bonchev–Trinajstić information content (AvgIpc) is 2.54. The van der Waals surface area contributed by atoms with Gasteiger partial charge in [0.2, 0.25) is 5.91 Å². The first-order chi connectivity index (χ1) is 11.6. The molecule has 1 fully saturated rings. The van der Waals surface area contributed by atoms with Crippen LogP contribution < -0.4 is 15.4 Å². The molecule has 0 aliphatic carbocycles. The Kier molecular flexibility index (Phi) is 5.35. The van der Waals surface area contributed by atoms with Gasteiger partial charge >= 0.3 is 0 Å². The molecular formula is C18H25N3O3.